The average molecular weight is 348 g/mol. The Morgan fingerprint density at radius 2 is 1.54 bits per heavy atom. The van der Waals surface area contributed by atoms with Crippen molar-refractivity contribution in [1.29, 1.82) is 0 Å². The minimum absolute atomic E-state index is 0.153. The van der Waals surface area contributed by atoms with Crippen molar-refractivity contribution in [2.45, 2.75) is 26.1 Å². The summed E-state index contributed by atoms with van der Waals surface area (Å²) in [6.07, 6.45) is 2.66. The van der Waals surface area contributed by atoms with E-state index >= 15 is 0 Å². The first-order valence-corrected chi connectivity index (χ1v) is 8.88. The maximum absolute atomic E-state index is 9.17. The van der Waals surface area contributed by atoms with Crippen LogP contribution in [0.25, 0.3) is 0 Å². The van der Waals surface area contributed by atoms with E-state index in [1.165, 1.54) is 0 Å². The number of rotatable bonds is 8. The minimum atomic E-state index is 0.153. The van der Waals surface area contributed by atoms with Crippen LogP contribution in [0.3, 0.4) is 0 Å². The van der Waals surface area contributed by atoms with Gasteiger partial charge in [0.2, 0.25) is 0 Å². The van der Waals surface area contributed by atoms with E-state index in [1.807, 2.05) is 71.4 Å². The van der Waals surface area contributed by atoms with Crippen molar-refractivity contribution < 1.29 is 9.84 Å². The number of aromatic nitrogens is 1. The van der Waals surface area contributed by atoms with Gasteiger partial charge in [-0.15, -0.1) is 0 Å². The molecule has 4 nitrogen and oxygen atoms in total. The molecule has 0 aliphatic heterocycles. The number of aryl methyl sites for hydroxylation is 1. The van der Waals surface area contributed by atoms with Crippen molar-refractivity contribution in [3.63, 3.8) is 0 Å². The first kappa shape index (κ1) is 18.0. The molecule has 0 radical (unpaired) electrons. The van der Waals surface area contributed by atoms with Crippen molar-refractivity contribution in [3.8, 4) is 5.75 Å². The summed E-state index contributed by atoms with van der Waals surface area (Å²) in [6, 6.07) is 24.2. The van der Waals surface area contributed by atoms with Crippen LogP contribution < -0.4 is 10.2 Å². The number of aliphatic hydroxyl groups excluding tert-OH is 1. The molecule has 0 saturated carbocycles. The summed E-state index contributed by atoms with van der Waals surface area (Å²) >= 11 is 0. The fourth-order valence-electron chi connectivity index (χ4n) is 2.71. The second-order valence-electron chi connectivity index (χ2n) is 6.04. The Hall–Kier alpha value is -2.85. The van der Waals surface area contributed by atoms with Gasteiger partial charge in [-0.2, -0.15) is 0 Å². The Morgan fingerprint density at radius 1 is 0.846 bits per heavy atom. The quantitative estimate of drug-likeness (QED) is 0.677. The van der Waals surface area contributed by atoms with Gasteiger partial charge in [-0.1, -0.05) is 60.7 Å². The van der Waals surface area contributed by atoms with Crippen LogP contribution in [0.4, 0.5) is 0 Å². The number of ether oxygens (including phenoxy) is 1. The lowest BCUT2D eigenvalue weighted by atomic mass is 10.2. The molecule has 3 rings (SSSR count). The number of hydrogen-bond acceptors (Lipinski definition) is 3. The Morgan fingerprint density at radius 3 is 2.23 bits per heavy atom. The summed E-state index contributed by atoms with van der Waals surface area (Å²) in [4.78, 5) is 4.80. The van der Waals surface area contributed by atoms with Crippen LogP contribution in [0, 0.1) is 0 Å². The molecule has 3 aromatic rings. The Kier molecular flexibility index (Phi) is 6.62. The highest BCUT2D eigenvalue weighted by atomic mass is 16.5. The van der Waals surface area contributed by atoms with Gasteiger partial charge >= 0.3 is 0 Å². The van der Waals surface area contributed by atoms with Gasteiger partial charge in [0.25, 0.3) is 0 Å². The van der Waals surface area contributed by atoms with Crippen molar-refractivity contribution in [3.05, 3.63) is 95.6 Å². The van der Waals surface area contributed by atoms with E-state index in [2.05, 4.69) is 12.1 Å². The maximum Gasteiger partial charge on any atom is 0.171 e. The molecule has 4 heteroatoms. The molecule has 2 aromatic carbocycles. The van der Waals surface area contributed by atoms with Crippen LogP contribution in [-0.4, -0.2) is 16.3 Å². The summed E-state index contributed by atoms with van der Waals surface area (Å²) < 4.78 is 8.10. The van der Waals surface area contributed by atoms with Crippen LogP contribution in [0.15, 0.2) is 84.0 Å². The second kappa shape index (κ2) is 9.59. The zero-order valence-electron chi connectivity index (χ0n) is 14.8. The molecular formula is C22H24N2O2. The van der Waals surface area contributed by atoms with Crippen molar-refractivity contribution in [2.24, 2.45) is 4.99 Å². The topological polar surface area (TPSA) is 46.8 Å². The van der Waals surface area contributed by atoms with Crippen molar-refractivity contribution in [2.75, 3.05) is 6.61 Å². The Labute approximate surface area is 154 Å². The van der Waals surface area contributed by atoms with Crippen LogP contribution in [0.5, 0.6) is 5.75 Å². The van der Waals surface area contributed by atoms with Gasteiger partial charge in [0, 0.05) is 19.3 Å². The molecule has 26 heavy (non-hydrogen) atoms. The number of pyridine rings is 1. The summed E-state index contributed by atoms with van der Waals surface area (Å²) in [6.45, 7) is 1.94. The van der Waals surface area contributed by atoms with E-state index in [1.54, 1.807) is 0 Å². The fourth-order valence-corrected chi connectivity index (χ4v) is 2.71. The number of hydrogen-bond donors (Lipinski definition) is 1. The Balaban J connectivity index is 1.87. The number of nitrogens with zero attached hydrogens (tertiary/aromatic N) is 2. The molecule has 1 heterocycles. The van der Waals surface area contributed by atoms with Crippen LogP contribution in [0.2, 0.25) is 0 Å². The highest BCUT2D eigenvalue weighted by Gasteiger charge is 2.04. The first-order chi connectivity index (χ1) is 12.9. The Bertz CT molecular complexity index is 858. The van der Waals surface area contributed by atoms with Gasteiger partial charge in [0.15, 0.2) is 11.2 Å². The van der Waals surface area contributed by atoms with E-state index in [0.717, 1.165) is 22.4 Å². The van der Waals surface area contributed by atoms with E-state index in [4.69, 9.17) is 9.73 Å². The average Bonchev–Trinajstić information content (AvgIpc) is 2.71. The third kappa shape index (κ3) is 5.07. The SMILES string of the molecule is OCCCn1cccc(OCc2ccccc2)c1=NCc1ccccc1. The summed E-state index contributed by atoms with van der Waals surface area (Å²) in [7, 11) is 0. The summed E-state index contributed by atoms with van der Waals surface area (Å²) in [5, 5.41) is 9.17. The van der Waals surface area contributed by atoms with Gasteiger partial charge in [-0.05, 0) is 29.7 Å². The molecule has 134 valence electrons. The third-order valence-corrected chi connectivity index (χ3v) is 4.05. The third-order valence-electron chi connectivity index (χ3n) is 4.05. The number of benzene rings is 2. The standard InChI is InChI=1S/C22H24N2O2/c25-16-8-15-24-14-7-13-21(26-18-20-11-5-2-6-12-20)22(24)23-17-19-9-3-1-4-10-19/h1-7,9-14,25H,8,15-18H2. The van der Waals surface area contributed by atoms with E-state index in [-0.39, 0.29) is 6.61 Å². The molecule has 0 spiro atoms. The molecule has 0 amide bonds. The lowest BCUT2D eigenvalue weighted by molar-refractivity contribution is 0.274. The molecule has 0 unspecified atom stereocenters. The van der Waals surface area contributed by atoms with Crippen LogP contribution in [-0.2, 0) is 19.7 Å². The maximum atomic E-state index is 9.17. The highest BCUT2D eigenvalue weighted by Crippen LogP contribution is 2.09. The molecule has 0 atom stereocenters. The predicted octanol–water partition coefficient (Wildman–Crippen LogP) is 3.55. The van der Waals surface area contributed by atoms with Gasteiger partial charge < -0.3 is 14.4 Å². The molecule has 0 bridgehead atoms. The normalized spacial score (nSPS) is 11.5. The summed E-state index contributed by atoms with van der Waals surface area (Å²) in [5.41, 5.74) is 3.08. The molecule has 1 aromatic heterocycles. The summed E-state index contributed by atoms with van der Waals surface area (Å²) in [5.74, 6) is 0.755. The van der Waals surface area contributed by atoms with Crippen molar-refractivity contribution >= 4 is 0 Å². The molecule has 1 N–H and O–H groups in total. The smallest absolute Gasteiger partial charge is 0.171 e. The highest BCUT2D eigenvalue weighted by molar-refractivity contribution is 5.20. The molecule has 0 aliphatic carbocycles. The van der Waals surface area contributed by atoms with Gasteiger partial charge in [-0.25, -0.2) is 0 Å². The van der Waals surface area contributed by atoms with Gasteiger partial charge in [-0.3, -0.25) is 4.99 Å². The zero-order valence-corrected chi connectivity index (χ0v) is 14.8. The van der Waals surface area contributed by atoms with E-state index in [9.17, 15) is 5.11 Å². The first-order valence-electron chi connectivity index (χ1n) is 8.88. The van der Waals surface area contributed by atoms with E-state index in [0.29, 0.717) is 26.1 Å². The van der Waals surface area contributed by atoms with Gasteiger partial charge in [0.05, 0.1) is 6.54 Å². The fraction of sp³-hybridized carbons (Fsp3) is 0.227. The largest absolute Gasteiger partial charge is 0.485 e. The lowest BCUT2D eigenvalue weighted by Gasteiger charge is -2.12. The second-order valence-corrected chi connectivity index (χ2v) is 6.04. The van der Waals surface area contributed by atoms with Crippen LogP contribution in [0.1, 0.15) is 17.5 Å². The predicted molar refractivity (Wildman–Crippen MR) is 103 cm³/mol. The molecule has 0 fully saturated rings. The molecule has 0 saturated heterocycles. The van der Waals surface area contributed by atoms with Crippen molar-refractivity contribution in [1.82, 2.24) is 4.57 Å². The van der Waals surface area contributed by atoms with Gasteiger partial charge in [0.1, 0.15) is 6.61 Å². The zero-order chi connectivity index (χ0) is 18.0. The monoisotopic (exact) mass is 348 g/mol. The number of aliphatic hydroxyl groups is 1. The lowest BCUT2D eigenvalue weighted by Crippen LogP contribution is -2.23. The minimum Gasteiger partial charge on any atom is -0.485 e. The van der Waals surface area contributed by atoms with Crippen LogP contribution >= 0.6 is 0 Å². The molecule has 0 aliphatic rings. The molecular weight excluding hydrogens is 324 g/mol. The van der Waals surface area contributed by atoms with E-state index < -0.39 is 0 Å².